The zero-order chi connectivity index (χ0) is 17.2. The lowest BCUT2D eigenvalue weighted by molar-refractivity contribution is 0.101. The molecule has 3 aromatic rings. The van der Waals surface area contributed by atoms with Crippen molar-refractivity contribution in [3.05, 3.63) is 42.4 Å². The first-order valence-corrected chi connectivity index (χ1v) is 9.27. The van der Waals surface area contributed by atoms with Gasteiger partial charge in [-0.25, -0.2) is 9.97 Å². The molecule has 0 spiro atoms. The van der Waals surface area contributed by atoms with Gasteiger partial charge in [-0.1, -0.05) is 18.2 Å². The first-order valence-electron chi connectivity index (χ1n) is 8.11. The number of amides is 1. The molecule has 4 rings (SSSR count). The summed E-state index contributed by atoms with van der Waals surface area (Å²) in [7, 11) is 1.82. The number of benzene rings is 1. The zero-order valence-corrected chi connectivity index (χ0v) is 14.7. The van der Waals surface area contributed by atoms with E-state index in [9.17, 15) is 4.79 Å². The van der Waals surface area contributed by atoms with Crippen LogP contribution in [0.15, 0.2) is 36.5 Å². The Morgan fingerprint density at radius 3 is 2.68 bits per heavy atom. The molecule has 7 nitrogen and oxygen atoms in total. The molecule has 1 saturated heterocycles. The Kier molecular flexibility index (Phi) is 4.27. The molecule has 0 atom stereocenters. The Morgan fingerprint density at radius 2 is 1.92 bits per heavy atom. The van der Waals surface area contributed by atoms with E-state index in [0.717, 1.165) is 41.5 Å². The standard InChI is InChI=1S/C17H18N6OS/c1-22-15-13(11-18-22)16(23-7-9-25-10-8-23)21-14(20-15)17(24)19-12-5-3-2-4-6-12/h2-6,11H,7-10H2,1H3,(H,19,24). The number of para-hydroxylation sites is 1. The average molecular weight is 354 g/mol. The predicted octanol–water partition coefficient (Wildman–Crippen LogP) is 2.17. The summed E-state index contributed by atoms with van der Waals surface area (Å²) in [6, 6.07) is 9.32. The first kappa shape index (κ1) is 15.9. The zero-order valence-electron chi connectivity index (χ0n) is 13.8. The van der Waals surface area contributed by atoms with Gasteiger partial charge in [-0.15, -0.1) is 0 Å². The second-order valence-corrected chi connectivity index (χ2v) is 7.02. The van der Waals surface area contributed by atoms with E-state index in [0.29, 0.717) is 5.65 Å². The first-order chi connectivity index (χ1) is 12.2. The van der Waals surface area contributed by atoms with Crippen LogP contribution in [0.2, 0.25) is 0 Å². The van der Waals surface area contributed by atoms with Crippen molar-refractivity contribution < 1.29 is 4.79 Å². The van der Waals surface area contributed by atoms with Gasteiger partial charge in [-0.3, -0.25) is 9.48 Å². The topological polar surface area (TPSA) is 75.9 Å². The van der Waals surface area contributed by atoms with E-state index in [1.807, 2.05) is 49.1 Å². The van der Waals surface area contributed by atoms with E-state index < -0.39 is 0 Å². The molecular weight excluding hydrogens is 336 g/mol. The molecule has 1 aromatic carbocycles. The average Bonchev–Trinajstić information content (AvgIpc) is 3.03. The third-order valence-electron chi connectivity index (χ3n) is 4.12. The van der Waals surface area contributed by atoms with Crippen LogP contribution in [0.25, 0.3) is 11.0 Å². The number of carbonyl (C=O) groups is 1. The lowest BCUT2D eigenvalue weighted by Crippen LogP contribution is -2.34. The summed E-state index contributed by atoms with van der Waals surface area (Å²) < 4.78 is 1.68. The molecule has 2 aromatic heterocycles. The number of nitrogens with one attached hydrogen (secondary N) is 1. The molecular formula is C17H18N6OS. The molecule has 1 fully saturated rings. The minimum absolute atomic E-state index is 0.160. The number of rotatable bonds is 3. The molecule has 25 heavy (non-hydrogen) atoms. The van der Waals surface area contributed by atoms with Crippen molar-refractivity contribution in [1.82, 2.24) is 19.7 Å². The maximum absolute atomic E-state index is 12.6. The highest BCUT2D eigenvalue weighted by Crippen LogP contribution is 2.26. The van der Waals surface area contributed by atoms with E-state index in [1.54, 1.807) is 10.9 Å². The maximum atomic E-state index is 12.6. The normalized spacial score (nSPS) is 14.7. The number of fused-ring (bicyclic) bond motifs is 1. The van der Waals surface area contributed by atoms with Crippen LogP contribution < -0.4 is 10.2 Å². The third kappa shape index (κ3) is 3.17. The SMILES string of the molecule is Cn1ncc2c(N3CCSCC3)nc(C(=O)Nc3ccccc3)nc21. The molecule has 0 radical (unpaired) electrons. The van der Waals surface area contributed by atoms with Crippen LogP contribution in [0.4, 0.5) is 11.5 Å². The summed E-state index contributed by atoms with van der Waals surface area (Å²) in [6.45, 7) is 1.82. The van der Waals surface area contributed by atoms with Gasteiger partial charge in [0.05, 0.1) is 11.6 Å². The number of anilines is 2. The fourth-order valence-corrected chi connectivity index (χ4v) is 3.74. The van der Waals surface area contributed by atoms with Crippen molar-refractivity contribution in [2.75, 3.05) is 34.8 Å². The Labute approximate surface area is 149 Å². The monoisotopic (exact) mass is 354 g/mol. The van der Waals surface area contributed by atoms with Crippen molar-refractivity contribution in [2.45, 2.75) is 0 Å². The molecule has 0 saturated carbocycles. The minimum atomic E-state index is -0.318. The molecule has 1 amide bonds. The van der Waals surface area contributed by atoms with Crippen LogP contribution in [0, 0.1) is 0 Å². The van der Waals surface area contributed by atoms with Crippen molar-refractivity contribution in [3.63, 3.8) is 0 Å². The lowest BCUT2D eigenvalue weighted by atomic mass is 10.3. The molecule has 1 aliphatic rings. The number of hydrogen-bond donors (Lipinski definition) is 1. The van der Waals surface area contributed by atoms with Crippen molar-refractivity contribution >= 4 is 40.2 Å². The number of nitrogens with zero attached hydrogens (tertiary/aromatic N) is 5. The van der Waals surface area contributed by atoms with E-state index in [1.165, 1.54) is 0 Å². The predicted molar refractivity (Wildman–Crippen MR) is 100 cm³/mol. The van der Waals surface area contributed by atoms with Crippen molar-refractivity contribution in [1.29, 1.82) is 0 Å². The van der Waals surface area contributed by atoms with Crippen LogP contribution in [0.1, 0.15) is 10.6 Å². The van der Waals surface area contributed by atoms with Gasteiger partial charge in [-0.05, 0) is 12.1 Å². The Hall–Kier alpha value is -2.61. The molecule has 0 aliphatic carbocycles. The van der Waals surface area contributed by atoms with Gasteiger partial charge in [0.25, 0.3) is 5.91 Å². The summed E-state index contributed by atoms with van der Waals surface area (Å²) in [5.41, 5.74) is 1.39. The van der Waals surface area contributed by atoms with Gasteiger partial charge in [-0.2, -0.15) is 16.9 Å². The highest BCUT2D eigenvalue weighted by Gasteiger charge is 2.21. The number of aromatic nitrogens is 4. The van der Waals surface area contributed by atoms with Crippen LogP contribution in [-0.4, -0.2) is 50.3 Å². The Balaban J connectivity index is 1.73. The number of carbonyl (C=O) groups excluding carboxylic acids is 1. The fourth-order valence-electron chi connectivity index (χ4n) is 2.83. The second-order valence-electron chi connectivity index (χ2n) is 5.80. The van der Waals surface area contributed by atoms with E-state index in [4.69, 9.17) is 0 Å². The molecule has 1 aliphatic heterocycles. The quantitative estimate of drug-likeness (QED) is 0.777. The molecule has 8 heteroatoms. The van der Waals surface area contributed by atoms with Gasteiger partial charge in [0.15, 0.2) is 5.65 Å². The maximum Gasteiger partial charge on any atom is 0.293 e. The molecule has 3 heterocycles. The Bertz CT molecular complexity index is 904. The van der Waals surface area contributed by atoms with E-state index in [-0.39, 0.29) is 11.7 Å². The van der Waals surface area contributed by atoms with E-state index >= 15 is 0 Å². The number of hydrogen-bond acceptors (Lipinski definition) is 6. The van der Waals surface area contributed by atoms with Gasteiger partial charge in [0.1, 0.15) is 5.82 Å². The van der Waals surface area contributed by atoms with Crippen molar-refractivity contribution in [3.8, 4) is 0 Å². The molecule has 128 valence electrons. The number of thioether (sulfide) groups is 1. The molecule has 0 bridgehead atoms. The summed E-state index contributed by atoms with van der Waals surface area (Å²) >= 11 is 1.93. The van der Waals surface area contributed by atoms with Gasteiger partial charge in [0.2, 0.25) is 5.82 Å². The van der Waals surface area contributed by atoms with Crippen LogP contribution in [-0.2, 0) is 7.05 Å². The fraction of sp³-hybridized carbons (Fsp3) is 0.294. The summed E-state index contributed by atoms with van der Waals surface area (Å²) in [4.78, 5) is 23.9. The van der Waals surface area contributed by atoms with Crippen LogP contribution in [0.5, 0.6) is 0 Å². The highest BCUT2D eigenvalue weighted by molar-refractivity contribution is 7.99. The lowest BCUT2D eigenvalue weighted by Gasteiger charge is -2.27. The van der Waals surface area contributed by atoms with Gasteiger partial charge >= 0.3 is 0 Å². The second kappa shape index (κ2) is 6.72. The largest absolute Gasteiger partial charge is 0.354 e. The minimum Gasteiger partial charge on any atom is -0.354 e. The Morgan fingerprint density at radius 1 is 1.16 bits per heavy atom. The third-order valence-corrected chi connectivity index (χ3v) is 5.06. The van der Waals surface area contributed by atoms with Crippen molar-refractivity contribution in [2.24, 2.45) is 7.05 Å². The van der Waals surface area contributed by atoms with E-state index in [2.05, 4.69) is 25.3 Å². The van der Waals surface area contributed by atoms with Gasteiger partial charge in [0, 0.05) is 37.3 Å². The smallest absolute Gasteiger partial charge is 0.293 e. The summed E-state index contributed by atoms with van der Waals surface area (Å²) in [6.07, 6.45) is 1.77. The molecule has 1 N–H and O–H groups in total. The summed E-state index contributed by atoms with van der Waals surface area (Å²) in [5, 5.41) is 8.01. The van der Waals surface area contributed by atoms with Crippen LogP contribution >= 0.6 is 11.8 Å². The van der Waals surface area contributed by atoms with Crippen LogP contribution in [0.3, 0.4) is 0 Å². The molecule has 0 unspecified atom stereocenters. The van der Waals surface area contributed by atoms with Gasteiger partial charge < -0.3 is 10.2 Å². The number of aryl methyl sites for hydroxylation is 1. The highest BCUT2D eigenvalue weighted by atomic mass is 32.2. The summed E-state index contributed by atoms with van der Waals surface area (Å²) in [5.74, 6) is 2.74.